The molecule has 1 saturated carbocycles. The highest BCUT2D eigenvalue weighted by Gasteiger charge is 2.31. The van der Waals surface area contributed by atoms with Crippen molar-refractivity contribution in [1.82, 2.24) is 4.90 Å². The summed E-state index contributed by atoms with van der Waals surface area (Å²) in [6.07, 6.45) is 10.8. The van der Waals surface area contributed by atoms with E-state index >= 15 is 0 Å². The molecule has 4 nitrogen and oxygen atoms in total. The van der Waals surface area contributed by atoms with Crippen LogP contribution in [-0.2, 0) is 4.74 Å². The summed E-state index contributed by atoms with van der Waals surface area (Å²) in [5, 5.41) is 0. The highest BCUT2D eigenvalue weighted by atomic mass is 35.5. The molecule has 2 saturated heterocycles. The number of rotatable bonds is 7. The molecule has 0 radical (unpaired) electrons. The third kappa shape index (κ3) is 6.80. The van der Waals surface area contributed by atoms with Gasteiger partial charge in [0.15, 0.2) is 0 Å². The van der Waals surface area contributed by atoms with Crippen LogP contribution in [0.2, 0.25) is 0 Å². The minimum absolute atomic E-state index is 0. The summed E-state index contributed by atoms with van der Waals surface area (Å²) in [6, 6.07) is 7.43. The second-order valence-electron chi connectivity index (χ2n) is 11.3. The Morgan fingerprint density at radius 2 is 1.70 bits per heavy atom. The van der Waals surface area contributed by atoms with Crippen molar-refractivity contribution >= 4 is 23.8 Å². The zero-order valence-corrected chi connectivity index (χ0v) is 22.5. The van der Waals surface area contributed by atoms with Crippen molar-refractivity contribution in [1.29, 1.82) is 0 Å². The van der Waals surface area contributed by atoms with E-state index in [9.17, 15) is 0 Å². The van der Waals surface area contributed by atoms with E-state index in [4.69, 9.17) is 4.74 Å². The van der Waals surface area contributed by atoms with Crippen molar-refractivity contribution < 1.29 is 4.74 Å². The molecule has 1 atom stereocenters. The number of hydrogen-bond donors (Lipinski definition) is 0. The summed E-state index contributed by atoms with van der Waals surface area (Å²) in [7, 11) is 1.87. The lowest BCUT2D eigenvalue weighted by molar-refractivity contribution is 0.0893. The Labute approximate surface area is 209 Å². The molecular weight excluding hydrogens is 430 g/mol. The van der Waals surface area contributed by atoms with E-state index in [1.54, 1.807) is 5.56 Å². The molecule has 0 amide bonds. The van der Waals surface area contributed by atoms with E-state index in [0.29, 0.717) is 17.4 Å². The Bertz CT molecular complexity index is 722. The number of methoxy groups -OCH3 is 1. The van der Waals surface area contributed by atoms with Crippen molar-refractivity contribution in [3.8, 4) is 0 Å². The zero-order chi connectivity index (χ0) is 22.6. The Hall–Kier alpha value is -0.970. The summed E-state index contributed by atoms with van der Waals surface area (Å²) >= 11 is 0. The van der Waals surface area contributed by atoms with Crippen LogP contribution >= 0.6 is 12.4 Å². The topological polar surface area (TPSA) is 19.0 Å². The molecule has 0 unspecified atom stereocenters. The molecule has 0 N–H and O–H groups in total. The quantitative estimate of drug-likeness (QED) is 0.456. The first kappa shape index (κ1) is 26.6. The number of halogens is 1. The lowest BCUT2D eigenvalue weighted by Gasteiger charge is -2.41. The van der Waals surface area contributed by atoms with E-state index in [1.807, 2.05) is 7.11 Å². The number of anilines is 2. The van der Waals surface area contributed by atoms with Crippen LogP contribution in [0.25, 0.3) is 0 Å². The van der Waals surface area contributed by atoms with E-state index in [1.165, 1.54) is 95.5 Å². The van der Waals surface area contributed by atoms with Crippen molar-refractivity contribution in [3.63, 3.8) is 0 Å². The second-order valence-corrected chi connectivity index (χ2v) is 11.3. The van der Waals surface area contributed by atoms with Gasteiger partial charge < -0.3 is 14.5 Å². The van der Waals surface area contributed by atoms with Crippen LogP contribution in [0.4, 0.5) is 11.4 Å². The Morgan fingerprint density at radius 3 is 2.36 bits per heavy atom. The van der Waals surface area contributed by atoms with Crippen molar-refractivity contribution in [3.05, 3.63) is 23.8 Å². The molecule has 0 spiro atoms. The first-order valence-electron chi connectivity index (χ1n) is 13.4. The molecule has 0 aromatic heterocycles. The molecule has 5 heteroatoms. The van der Waals surface area contributed by atoms with Crippen molar-refractivity contribution in [2.45, 2.75) is 84.2 Å². The Balaban J connectivity index is 0.00000306. The molecule has 3 fully saturated rings. The fraction of sp³-hybridized carbons (Fsp3) is 0.786. The van der Waals surface area contributed by atoms with Gasteiger partial charge >= 0.3 is 0 Å². The average molecular weight is 478 g/mol. The molecule has 1 aromatic rings. The van der Waals surface area contributed by atoms with Crippen LogP contribution < -0.4 is 9.80 Å². The van der Waals surface area contributed by atoms with Gasteiger partial charge in [-0.05, 0) is 86.6 Å². The SMILES string of the molecule is CCCCN1CCN(c2ccc(N3CCC[C@@H](OC)C3)cc2C2CCC(C)(C)CC2)CC1.Cl. The van der Waals surface area contributed by atoms with Gasteiger partial charge in [0.05, 0.1) is 6.10 Å². The minimum atomic E-state index is 0. The van der Waals surface area contributed by atoms with Crippen LogP contribution in [0.1, 0.15) is 83.6 Å². The van der Waals surface area contributed by atoms with Gasteiger partial charge in [0.2, 0.25) is 0 Å². The molecule has 4 rings (SSSR count). The van der Waals surface area contributed by atoms with E-state index in [2.05, 4.69) is 53.7 Å². The molecule has 1 aromatic carbocycles. The first-order chi connectivity index (χ1) is 15.5. The summed E-state index contributed by atoms with van der Waals surface area (Å²) < 4.78 is 5.71. The third-order valence-electron chi connectivity index (χ3n) is 8.41. The van der Waals surface area contributed by atoms with Gasteiger partial charge in [-0.1, -0.05) is 27.2 Å². The number of ether oxygens (including phenoxy) is 1. The molecular formula is C28H48ClN3O. The van der Waals surface area contributed by atoms with Gasteiger partial charge in [-0.25, -0.2) is 0 Å². The number of nitrogens with zero attached hydrogens (tertiary/aromatic N) is 3. The number of unbranched alkanes of at least 4 members (excludes halogenated alkanes) is 1. The highest BCUT2D eigenvalue weighted by Crippen LogP contribution is 2.46. The summed E-state index contributed by atoms with van der Waals surface area (Å²) in [6.45, 7) is 15.4. The number of hydrogen-bond acceptors (Lipinski definition) is 4. The largest absolute Gasteiger partial charge is 0.380 e. The van der Waals surface area contributed by atoms with Gasteiger partial charge in [-0.2, -0.15) is 0 Å². The number of benzene rings is 1. The number of piperazine rings is 1. The molecule has 3 aliphatic rings. The van der Waals surface area contributed by atoms with Gasteiger partial charge in [0.1, 0.15) is 0 Å². The van der Waals surface area contributed by atoms with E-state index in [-0.39, 0.29) is 12.4 Å². The fourth-order valence-corrected chi connectivity index (χ4v) is 6.02. The molecule has 2 aliphatic heterocycles. The van der Waals surface area contributed by atoms with Crippen LogP contribution in [0.15, 0.2) is 18.2 Å². The molecule has 1 aliphatic carbocycles. The van der Waals surface area contributed by atoms with Crippen LogP contribution in [0.5, 0.6) is 0 Å². The summed E-state index contributed by atoms with van der Waals surface area (Å²) in [4.78, 5) is 7.92. The van der Waals surface area contributed by atoms with E-state index < -0.39 is 0 Å². The van der Waals surface area contributed by atoms with Gasteiger partial charge in [0, 0.05) is 57.8 Å². The van der Waals surface area contributed by atoms with Crippen LogP contribution in [-0.4, -0.2) is 63.9 Å². The summed E-state index contributed by atoms with van der Waals surface area (Å²) in [5.74, 6) is 0.708. The van der Waals surface area contributed by atoms with Crippen LogP contribution in [0.3, 0.4) is 0 Å². The van der Waals surface area contributed by atoms with Gasteiger partial charge in [-0.15, -0.1) is 12.4 Å². The maximum Gasteiger partial charge on any atom is 0.0746 e. The maximum atomic E-state index is 5.71. The number of piperidine rings is 1. The predicted octanol–water partition coefficient (Wildman–Crippen LogP) is 6.33. The maximum absolute atomic E-state index is 5.71. The monoisotopic (exact) mass is 477 g/mol. The fourth-order valence-electron chi connectivity index (χ4n) is 6.02. The van der Waals surface area contributed by atoms with Crippen molar-refractivity contribution in [2.75, 3.05) is 62.7 Å². The average Bonchev–Trinajstić information content (AvgIpc) is 2.83. The smallest absolute Gasteiger partial charge is 0.0746 e. The zero-order valence-electron chi connectivity index (χ0n) is 21.7. The highest BCUT2D eigenvalue weighted by molar-refractivity contribution is 5.85. The third-order valence-corrected chi connectivity index (χ3v) is 8.41. The predicted molar refractivity (Wildman–Crippen MR) is 144 cm³/mol. The Kier molecular flexibility index (Phi) is 9.79. The van der Waals surface area contributed by atoms with Crippen LogP contribution in [0, 0.1) is 5.41 Å². The summed E-state index contributed by atoms with van der Waals surface area (Å²) in [5.41, 5.74) is 5.07. The Morgan fingerprint density at radius 1 is 0.970 bits per heavy atom. The molecule has 2 heterocycles. The van der Waals surface area contributed by atoms with E-state index in [0.717, 1.165) is 13.1 Å². The standard InChI is InChI=1S/C28H47N3O.ClH/c1-5-6-15-29-17-19-30(20-18-29)27-10-9-24(31-16-7-8-25(22-31)32-4)21-26(27)23-11-13-28(2,3)14-12-23;/h9-10,21,23,25H,5-8,11-20,22H2,1-4H3;1H/t25-;/m1./s1. The second kappa shape index (κ2) is 12.1. The van der Waals surface area contributed by atoms with Gasteiger partial charge in [-0.3, -0.25) is 4.90 Å². The van der Waals surface area contributed by atoms with Crippen molar-refractivity contribution in [2.24, 2.45) is 5.41 Å². The lowest BCUT2D eigenvalue weighted by Crippen LogP contribution is -2.47. The normalized spacial score (nSPS) is 24.5. The van der Waals surface area contributed by atoms with Gasteiger partial charge in [0.25, 0.3) is 0 Å². The first-order valence-corrected chi connectivity index (χ1v) is 13.4. The molecule has 33 heavy (non-hydrogen) atoms. The molecule has 188 valence electrons. The molecule has 0 bridgehead atoms. The lowest BCUT2D eigenvalue weighted by atomic mass is 9.71. The minimum Gasteiger partial charge on any atom is -0.380 e.